The van der Waals surface area contributed by atoms with Gasteiger partial charge in [0.05, 0.1) is 5.25 Å². The van der Waals surface area contributed by atoms with E-state index < -0.39 is 35.5 Å². The Morgan fingerprint density at radius 1 is 0.767 bits per heavy atom. The van der Waals surface area contributed by atoms with Gasteiger partial charge in [-0.3, -0.25) is 4.79 Å². The number of Topliss-reactive ketones (excluding diaryl/α,β-unsaturated/α-hetero) is 1. The van der Waals surface area contributed by atoms with E-state index in [1.54, 1.807) is 54.6 Å². The van der Waals surface area contributed by atoms with Gasteiger partial charge in [-0.15, -0.1) is 11.8 Å². The lowest BCUT2D eigenvalue weighted by molar-refractivity contribution is -0.305. The highest BCUT2D eigenvalue weighted by Crippen LogP contribution is 2.29. The standard InChI is InChI=1S/C24H20O5S/c25-21(26)16-20(30-19-14-8-3-9-15-19)22(27)24(28)29-23(17-10-4-1-5-11-17)18-12-6-2-7-13-18/h1-15,20,23H,16H2,(H,25,26)/p-1. The molecule has 0 aliphatic heterocycles. The summed E-state index contributed by atoms with van der Waals surface area (Å²) in [6.45, 7) is 0. The van der Waals surface area contributed by atoms with Crippen molar-refractivity contribution in [3.8, 4) is 0 Å². The maximum absolute atomic E-state index is 12.8. The topological polar surface area (TPSA) is 83.5 Å². The smallest absolute Gasteiger partial charge is 0.376 e. The van der Waals surface area contributed by atoms with E-state index in [0.717, 1.165) is 11.8 Å². The first-order valence-electron chi connectivity index (χ1n) is 9.31. The largest absolute Gasteiger partial charge is 0.550 e. The molecule has 0 radical (unpaired) electrons. The summed E-state index contributed by atoms with van der Waals surface area (Å²) in [7, 11) is 0. The summed E-state index contributed by atoms with van der Waals surface area (Å²) in [5, 5.41) is 10.0. The second-order valence-corrected chi connectivity index (χ2v) is 7.74. The molecule has 0 aromatic heterocycles. The molecule has 0 bridgehead atoms. The summed E-state index contributed by atoms with van der Waals surface area (Å²) < 4.78 is 5.57. The van der Waals surface area contributed by atoms with Gasteiger partial charge in [0.15, 0.2) is 6.10 Å². The molecule has 1 unspecified atom stereocenters. The molecule has 0 spiro atoms. The Bertz CT molecular complexity index is 950. The molecule has 0 aliphatic carbocycles. The normalized spacial score (nSPS) is 11.6. The predicted octanol–water partition coefficient (Wildman–Crippen LogP) is 3.19. The number of esters is 1. The summed E-state index contributed by atoms with van der Waals surface area (Å²) >= 11 is 1.00. The quantitative estimate of drug-likeness (QED) is 0.301. The maximum Gasteiger partial charge on any atom is 0.376 e. The molecule has 0 fully saturated rings. The number of ketones is 1. The number of carboxylic acid groups (broad SMARTS) is 1. The van der Waals surface area contributed by atoms with E-state index in [2.05, 4.69) is 0 Å². The molecule has 3 rings (SSSR count). The number of thioether (sulfide) groups is 1. The van der Waals surface area contributed by atoms with E-state index in [1.165, 1.54) is 0 Å². The number of carbonyl (C=O) groups is 3. The minimum absolute atomic E-state index is 0.588. The molecule has 0 N–H and O–H groups in total. The van der Waals surface area contributed by atoms with Crippen LogP contribution in [0.5, 0.6) is 0 Å². The number of benzene rings is 3. The predicted molar refractivity (Wildman–Crippen MR) is 112 cm³/mol. The lowest BCUT2D eigenvalue weighted by Crippen LogP contribution is -2.35. The first kappa shape index (κ1) is 21.3. The molecule has 0 aliphatic rings. The third-order valence-electron chi connectivity index (χ3n) is 4.30. The van der Waals surface area contributed by atoms with Crippen LogP contribution in [0.25, 0.3) is 0 Å². The van der Waals surface area contributed by atoms with Crippen molar-refractivity contribution in [2.75, 3.05) is 0 Å². The highest BCUT2D eigenvalue weighted by Gasteiger charge is 2.31. The van der Waals surface area contributed by atoms with Crippen molar-refractivity contribution < 1.29 is 24.2 Å². The third-order valence-corrected chi connectivity index (χ3v) is 5.51. The minimum Gasteiger partial charge on any atom is -0.550 e. The fraction of sp³-hybridized carbons (Fsp3) is 0.125. The van der Waals surface area contributed by atoms with Gasteiger partial charge in [-0.05, 0) is 23.3 Å². The van der Waals surface area contributed by atoms with E-state index in [9.17, 15) is 19.5 Å². The van der Waals surface area contributed by atoms with Gasteiger partial charge < -0.3 is 14.6 Å². The summed E-state index contributed by atoms with van der Waals surface area (Å²) in [6, 6.07) is 26.9. The molecule has 1 atom stereocenters. The Morgan fingerprint density at radius 2 is 1.23 bits per heavy atom. The second-order valence-electron chi connectivity index (χ2n) is 6.47. The summed E-state index contributed by atoms with van der Waals surface area (Å²) in [5.41, 5.74) is 1.41. The molecule has 152 valence electrons. The zero-order chi connectivity index (χ0) is 21.3. The van der Waals surface area contributed by atoms with E-state index >= 15 is 0 Å². The Morgan fingerprint density at radius 3 is 1.70 bits per heavy atom. The molecule has 0 heterocycles. The number of carboxylic acids is 1. The summed E-state index contributed by atoms with van der Waals surface area (Å²) in [4.78, 5) is 37.3. The first-order valence-corrected chi connectivity index (χ1v) is 10.2. The minimum atomic E-state index is -1.41. The van der Waals surface area contributed by atoms with Crippen LogP contribution in [0.3, 0.4) is 0 Å². The zero-order valence-corrected chi connectivity index (χ0v) is 16.8. The Labute approximate surface area is 178 Å². The first-order chi connectivity index (χ1) is 14.5. The number of hydrogen-bond acceptors (Lipinski definition) is 6. The van der Waals surface area contributed by atoms with E-state index in [0.29, 0.717) is 16.0 Å². The van der Waals surface area contributed by atoms with Crippen molar-refractivity contribution >= 4 is 29.5 Å². The van der Waals surface area contributed by atoms with E-state index in [1.807, 2.05) is 36.4 Å². The highest BCUT2D eigenvalue weighted by molar-refractivity contribution is 8.00. The van der Waals surface area contributed by atoms with Crippen LogP contribution in [0.2, 0.25) is 0 Å². The van der Waals surface area contributed by atoms with Crippen LogP contribution in [-0.4, -0.2) is 23.0 Å². The molecule has 5 nitrogen and oxygen atoms in total. The highest BCUT2D eigenvalue weighted by atomic mass is 32.2. The van der Waals surface area contributed by atoms with Crippen LogP contribution in [0.1, 0.15) is 23.7 Å². The van der Waals surface area contributed by atoms with Gasteiger partial charge in [-0.2, -0.15) is 0 Å². The molecule has 3 aromatic rings. The van der Waals surface area contributed by atoms with Crippen LogP contribution < -0.4 is 5.11 Å². The number of carbonyl (C=O) groups excluding carboxylic acids is 3. The van der Waals surface area contributed by atoms with Crippen molar-refractivity contribution in [2.24, 2.45) is 0 Å². The summed E-state index contributed by atoms with van der Waals surface area (Å²) in [5.74, 6) is -3.40. The van der Waals surface area contributed by atoms with Gasteiger partial charge in [-0.1, -0.05) is 78.9 Å². The molecule has 3 aromatic carbocycles. The van der Waals surface area contributed by atoms with Gasteiger partial charge in [-0.25, -0.2) is 4.79 Å². The van der Waals surface area contributed by atoms with Crippen LogP contribution in [-0.2, 0) is 19.1 Å². The maximum atomic E-state index is 12.8. The van der Waals surface area contributed by atoms with Gasteiger partial charge in [0.1, 0.15) is 0 Å². The lowest BCUT2D eigenvalue weighted by atomic mass is 10.0. The van der Waals surface area contributed by atoms with Crippen molar-refractivity contribution in [2.45, 2.75) is 22.7 Å². The van der Waals surface area contributed by atoms with Crippen molar-refractivity contribution in [1.29, 1.82) is 0 Å². The van der Waals surface area contributed by atoms with Crippen LogP contribution >= 0.6 is 11.8 Å². The number of aliphatic carboxylic acids is 1. The molecule has 0 saturated heterocycles. The number of rotatable bonds is 9. The van der Waals surface area contributed by atoms with Crippen LogP contribution in [0.15, 0.2) is 95.9 Å². The fourth-order valence-electron chi connectivity index (χ4n) is 2.88. The molecule has 0 saturated carbocycles. The Kier molecular flexibility index (Phi) is 7.40. The molecule has 30 heavy (non-hydrogen) atoms. The summed E-state index contributed by atoms with van der Waals surface area (Å²) in [6.07, 6.45) is -1.37. The van der Waals surface area contributed by atoms with Gasteiger partial charge in [0.25, 0.3) is 5.78 Å². The van der Waals surface area contributed by atoms with Gasteiger partial charge >= 0.3 is 5.97 Å². The molecular weight excluding hydrogens is 400 g/mol. The van der Waals surface area contributed by atoms with Crippen molar-refractivity contribution in [3.05, 3.63) is 102 Å². The Balaban J connectivity index is 1.82. The zero-order valence-electron chi connectivity index (χ0n) is 16.0. The van der Waals surface area contributed by atoms with E-state index in [4.69, 9.17) is 4.74 Å². The second kappa shape index (κ2) is 10.4. The average molecular weight is 419 g/mol. The fourth-order valence-corrected chi connectivity index (χ4v) is 3.95. The van der Waals surface area contributed by atoms with Gasteiger partial charge in [0.2, 0.25) is 0 Å². The SMILES string of the molecule is O=C([O-])CC(Sc1ccccc1)C(=O)C(=O)OC(c1ccccc1)c1ccccc1. The van der Waals surface area contributed by atoms with Crippen LogP contribution in [0, 0.1) is 0 Å². The van der Waals surface area contributed by atoms with Gasteiger partial charge in [0, 0.05) is 17.3 Å². The molecule has 6 heteroatoms. The average Bonchev–Trinajstić information content (AvgIpc) is 2.78. The van der Waals surface area contributed by atoms with Crippen LogP contribution in [0.4, 0.5) is 0 Å². The Hall–Kier alpha value is -3.38. The molecular formula is C24H19O5S-. The van der Waals surface area contributed by atoms with Crippen molar-refractivity contribution in [3.63, 3.8) is 0 Å². The number of ether oxygens (including phenoxy) is 1. The number of hydrogen-bond donors (Lipinski definition) is 0. The lowest BCUT2D eigenvalue weighted by Gasteiger charge is -2.20. The van der Waals surface area contributed by atoms with E-state index in [-0.39, 0.29) is 0 Å². The van der Waals surface area contributed by atoms with Crippen molar-refractivity contribution in [1.82, 2.24) is 0 Å². The monoisotopic (exact) mass is 419 g/mol. The molecule has 0 amide bonds. The third kappa shape index (κ3) is 5.81.